The monoisotopic (exact) mass is 318 g/mol. The maximum atomic E-state index is 14.7. The van der Waals surface area contributed by atoms with Crippen molar-refractivity contribution in [3.63, 3.8) is 0 Å². The molecule has 0 aromatic heterocycles. The van der Waals surface area contributed by atoms with Crippen LogP contribution in [0.3, 0.4) is 0 Å². The molecular formula is C18H29F3O. The van der Waals surface area contributed by atoms with E-state index in [2.05, 4.69) is 0 Å². The van der Waals surface area contributed by atoms with Gasteiger partial charge in [-0.2, -0.15) is 0 Å². The standard InChI is InChI=1S/C18H29F3O/c19-15-10-12(11-4-2-1-3-5-11)6-7-13(15)14-8-9-16(22)18(21)17(14)20/h11-18,22H,1-10H2. The predicted octanol–water partition coefficient (Wildman–Crippen LogP) is 4.77. The summed E-state index contributed by atoms with van der Waals surface area (Å²) in [7, 11) is 0. The number of rotatable bonds is 2. The Balaban J connectivity index is 1.58. The fourth-order valence-electron chi connectivity index (χ4n) is 5.27. The Morgan fingerprint density at radius 3 is 2.00 bits per heavy atom. The summed E-state index contributed by atoms with van der Waals surface area (Å²) >= 11 is 0. The van der Waals surface area contributed by atoms with Crippen LogP contribution in [0.2, 0.25) is 0 Å². The van der Waals surface area contributed by atoms with E-state index in [0.717, 1.165) is 6.42 Å². The Bertz CT molecular complexity index is 358. The highest BCUT2D eigenvalue weighted by atomic mass is 19.2. The molecular weight excluding hydrogens is 289 g/mol. The SMILES string of the molecule is OC1CCC(C2CCC(C3CCCCC3)CC2F)C(F)C1F. The van der Waals surface area contributed by atoms with Crippen molar-refractivity contribution in [3.05, 3.63) is 0 Å². The second kappa shape index (κ2) is 7.11. The summed E-state index contributed by atoms with van der Waals surface area (Å²) in [5.41, 5.74) is 0. The van der Waals surface area contributed by atoms with Gasteiger partial charge in [0.1, 0.15) is 12.3 Å². The van der Waals surface area contributed by atoms with Crippen LogP contribution in [-0.4, -0.2) is 29.7 Å². The van der Waals surface area contributed by atoms with Gasteiger partial charge >= 0.3 is 0 Å². The van der Waals surface area contributed by atoms with Crippen LogP contribution in [-0.2, 0) is 0 Å². The Morgan fingerprint density at radius 2 is 1.32 bits per heavy atom. The molecule has 3 aliphatic carbocycles. The van der Waals surface area contributed by atoms with Crippen LogP contribution in [0.25, 0.3) is 0 Å². The van der Waals surface area contributed by atoms with Gasteiger partial charge in [0.05, 0.1) is 6.10 Å². The summed E-state index contributed by atoms with van der Waals surface area (Å²) in [5.74, 6) is 0.206. The van der Waals surface area contributed by atoms with Gasteiger partial charge in [-0.1, -0.05) is 32.1 Å². The molecule has 4 heteroatoms. The zero-order chi connectivity index (χ0) is 15.7. The summed E-state index contributed by atoms with van der Waals surface area (Å²) in [4.78, 5) is 0. The number of halogens is 3. The average molecular weight is 318 g/mol. The van der Waals surface area contributed by atoms with Crippen LogP contribution in [0, 0.1) is 23.7 Å². The van der Waals surface area contributed by atoms with Crippen molar-refractivity contribution in [1.29, 1.82) is 0 Å². The summed E-state index contributed by atoms with van der Waals surface area (Å²) < 4.78 is 42.6. The molecule has 128 valence electrons. The second-order valence-electron chi connectivity index (χ2n) is 7.85. The van der Waals surface area contributed by atoms with Crippen LogP contribution < -0.4 is 0 Å². The van der Waals surface area contributed by atoms with E-state index < -0.39 is 30.5 Å². The number of aliphatic hydroxyl groups excluding tert-OH is 1. The summed E-state index contributed by atoms with van der Waals surface area (Å²) in [6, 6.07) is 0. The lowest BCUT2D eigenvalue weighted by Gasteiger charge is -2.43. The zero-order valence-electron chi connectivity index (χ0n) is 13.3. The molecule has 0 aromatic carbocycles. The molecule has 3 fully saturated rings. The lowest BCUT2D eigenvalue weighted by molar-refractivity contribution is -0.0706. The molecule has 7 unspecified atom stereocenters. The first-order valence-corrected chi connectivity index (χ1v) is 9.18. The van der Waals surface area contributed by atoms with Gasteiger partial charge in [-0.25, -0.2) is 13.2 Å². The molecule has 0 heterocycles. The van der Waals surface area contributed by atoms with Gasteiger partial charge in [0.2, 0.25) is 0 Å². The zero-order valence-corrected chi connectivity index (χ0v) is 13.3. The van der Waals surface area contributed by atoms with E-state index in [4.69, 9.17) is 0 Å². The first kappa shape index (κ1) is 16.6. The Hall–Kier alpha value is -0.250. The van der Waals surface area contributed by atoms with Crippen molar-refractivity contribution in [2.24, 2.45) is 23.7 Å². The van der Waals surface area contributed by atoms with E-state index in [9.17, 15) is 18.3 Å². The first-order chi connectivity index (χ1) is 10.6. The van der Waals surface area contributed by atoms with Crippen molar-refractivity contribution < 1.29 is 18.3 Å². The fourth-order valence-corrected chi connectivity index (χ4v) is 5.27. The van der Waals surface area contributed by atoms with Gasteiger partial charge in [-0.05, 0) is 55.8 Å². The highest BCUT2D eigenvalue weighted by Crippen LogP contribution is 2.46. The van der Waals surface area contributed by atoms with E-state index in [0.29, 0.717) is 31.1 Å². The van der Waals surface area contributed by atoms with E-state index in [1.807, 2.05) is 0 Å². The molecule has 3 rings (SSSR count). The van der Waals surface area contributed by atoms with Gasteiger partial charge in [0, 0.05) is 0 Å². The molecule has 0 amide bonds. The number of hydrogen-bond donors (Lipinski definition) is 1. The number of aliphatic hydroxyl groups is 1. The molecule has 0 spiro atoms. The van der Waals surface area contributed by atoms with Crippen LogP contribution in [0.4, 0.5) is 13.2 Å². The molecule has 0 aliphatic heterocycles. The highest BCUT2D eigenvalue weighted by molar-refractivity contribution is 4.95. The molecule has 0 aromatic rings. The third-order valence-electron chi connectivity index (χ3n) is 6.61. The van der Waals surface area contributed by atoms with Gasteiger partial charge < -0.3 is 5.11 Å². The summed E-state index contributed by atoms with van der Waals surface area (Å²) in [5, 5.41) is 9.43. The van der Waals surface area contributed by atoms with Crippen molar-refractivity contribution in [2.75, 3.05) is 0 Å². The van der Waals surface area contributed by atoms with Crippen molar-refractivity contribution in [2.45, 2.75) is 88.8 Å². The molecule has 7 atom stereocenters. The molecule has 1 N–H and O–H groups in total. The summed E-state index contributed by atoms with van der Waals surface area (Å²) in [6.45, 7) is 0. The van der Waals surface area contributed by atoms with Gasteiger partial charge in [-0.3, -0.25) is 0 Å². The third kappa shape index (κ3) is 3.32. The van der Waals surface area contributed by atoms with Crippen LogP contribution in [0.5, 0.6) is 0 Å². The predicted molar refractivity (Wildman–Crippen MR) is 80.8 cm³/mol. The van der Waals surface area contributed by atoms with E-state index in [1.165, 1.54) is 32.1 Å². The minimum atomic E-state index is -1.83. The second-order valence-corrected chi connectivity index (χ2v) is 7.85. The number of alkyl halides is 3. The molecule has 1 nitrogen and oxygen atoms in total. The van der Waals surface area contributed by atoms with Crippen LogP contribution >= 0.6 is 0 Å². The van der Waals surface area contributed by atoms with Crippen molar-refractivity contribution in [3.8, 4) is 0 Å². The van der Waals surface area contributed by atoms with Gasteiger partial charge in [0.15, 0.2) is 6.17 Å². The molecule has 0 bridgehead atoms. The lowest BCUT2D eigenvalue weighted by Crippen LogP contribution is -2.47. The quantitative estimate of drug-likeness (QED) is 0.777. The van der Waals surface area contributed by atoms with Crippen LogP contribution in [0.15, 0.2) is 0 Å². The smallest absolute Gasteiger partial charge is 0.157 e. The molecule has 0 radical (unpaired) electrons. The number of hydrogen-bond acceptors (Lipinski definition) is 1. The minimum absolute atomic E-state index is 0.265. The highest BCUT2D eigenvalue weighted by Gasteiger charge is 2.47. The van der Waals surface area contributed by atoms with E-state index in [1.54, 1.807) is 0 Å². The topological polar surface area (TPSA) is 20.2 Å². The van der Waals surface area contributed by atoms with E-state index >= 15 is 0 Å². The first-order valence-electron chi connectivity index (χ1n) is 9.18. The van der Waals surface area contributed by atoms with E-state index in [-0.39, 0.29) is 12.3 Å². The lowest BCUT2D eigenvalue weighted by atomic mass is 9.65. The third-order valence-corrected chi connectivity index (χ3v) is 6.61. The minimum Gasteiger partial charge on any atom is -0.390 e. The average Bonchev–Trinajstić information content (AvgIpc) is 2.54. The Morgan fingerprint density at radius 1 is 0.636 bits per heavy atom. The largest absolute Gasteiger partial charge is 0.390 e. The Labute approximate surface area is 131 Å². The maximum Gasteiger partial charge on any atom is 0.157 e. The van der Waals surface area contributed by atoms with Crippen molar-refractivity contribution in [1.82, 2.24) is 0 Å². The molecule has 3 saturated carbocycles. The van der Waals surface area contributed by atoms with Gasteiger partial charge in [-0.15, -0.1) is 0 Å². The summed E-state index contributed by atoms with van der Waals surface area (Å²) in [6.07, 6.45) is 3.42. The van der Waals surface area contributed by atoms with Crippen LogP contribution in [0.1, 0.15) is 64.2 Å². The maximum absolute atomic E-state index is 14.7. The molecule has 22 heavy (non-hydrogen) atoms. The molecule has 3 aliphatic rings. The Kier molecular flexibility index (Phi) is 5.36. The normalized spacial score (nSPS) is 48.3. The van der Waals surface area contributed by atoms with Gasteiger partial charge in [0.25, 0.3) is 0 Å². The molecule has 0 saturated heterocycles. The fraction of sp³-hybridized carbons (Fsp3) is 1.00. The van der Waals surface area contributed by atoms with Crippen molar-refractivity contribution >= 4 is 0 Å².